The predicted octanol–water partition coefficient (Wildman–Crippen LogP) is 3.27. The van der Waals surface area contributed by atoms with Crippen molar-refractivity contribution in [2.24, 2.45) is 0 Å². The molecule has 1 aliphatic carbocycles. The third-order valence-corrected chi connectivity index (χ3v) is 1.64. The van der Waals surface area contributed by atoms with Gasteiger partial charge >= 0.3 is 0 Å². The maximum atomic E-state index is 12.7. The molecule has 10 heavy (non-hydrogen) atoms. The highest BCUT2D eigenvalue weighted by molar-refractivity contribution is 5.27. The van der Waals surface area contributed by atoms with Gasteiger partial charge in [0.05, 0.1) is 0 Å². The van der Waals surface area contributed by atoms with Gasteiger partial charge in [-0.25, -0.2) is 8.78 Å². The Morgan fingerprint density at radius 2 is 2.10 bits per heavy atom. The minimum atomic E-state index is -0.196. The highest BCUT2D eigenvalue weighted by Crippen LogP contribution is 2.26. The largest absolute Gasteiger partial charge is 0.212 e. The molecule has 0 amide bonds. The van der Waals surface area contributed by atoms with Crippen molar-refractivity contribution >= 4 is 0 Å². The Labute approximate surface area is 59.2 Å². The zero-order valence-corrected chi connectivity index (χ0v) is 5.95. The lowest BCUT2D eigenvalue weighted by Gasteiger charge is -2.08. The van der Waals surface area contributed by atoms with Crippen LogP contribution >= 0.6 is 0 Å². The van der Waals surface area contributed by atoms with Crippen molar-refractivity contribution in [2.45, 2.75) is 26.2 Å². The molecule has 56 valence electrons. The number of rotatable bonds is 1. The van der Waals surface area contributed by atoms with E-state index >= 15 is 0 Å². The fourth-order valence-electron chi connectivity index (χ4n) is 1.02. The van der Waals surface area contributed by atoms with Gasteiger partial charge in [0.2, 0.25) is 0 Å². The van der Waals surface area contributed by atoms with Gasteiger partial charge in [0, 0.05) is 12.8 Å². The zero-order valence-electron chi connectivity index (χ0n) is 5.95. The van der Waals surface area contributed by atoms with E-state index in [-0.39, 0.29) is 24.5 Å². The van der Waals surface area contributed by atoms with E-state index in [2.05, 4.69) is 0 Å². The highest BCUT2D eigenvalue weighted by Gasteiger charge is 2.10. The summed E-state index contributed by atoms with van der Waals surface area (Å²) < 4.78 is 25.1. The van der Waals surface area contributed by atoms with E-state index in [0.717, 1.165) is 0 Å². The fraction of sp³-hybridized carbons (Fsp3) is 0.500. The molecule has 2 heteroatoms. The molecule has 0 saturated heterocycles. The van der Waals surface area contributed by atoms with Gasteiger partial charge in [-0.1, -0.05) is 6.92 Å². The molecule has 0 spiro atoms. The van der Waals surface area contributed by atoms with Gasteiger partial charge in [-0.2, -0.15) is 0 Å². The smallest absolute Gasteiger partial charge is 0.104 e. The van der Waals surface area contributed by atoms with E-state index < -0.39 is 0 Å². The topological polar surface area (TPSA) is 0 Å². The van der Waals surface area contributed by atoms with Crippen LogP contribution in [0.3, 0.4) is 0 Å². The van der Waals surface area contributed by atoms with Crippen LogP contribution in [0.4, 0.5) is 8.78 Å². The van der Waals surface area contributed by atoms with Crippen molar-refractivity contribution in [2.75, 3.05) is 0 Å². The SMILES string of the molecule is CCC1=C(F)CCC(F)=C1. The molecule has 0 bridgehead atoms. The van der Waals surface area contributed by atoms with Gasteiger partial charge in [-0.05, 0) is 18.1 Å². The third-order valence-electron chi connectivity index (χ3n) is 1.64. The molecule has 0 nitrogen and oxygen atoms in total. The second-order valence-electron chi connectivity index (χ2n) is 2.37. The van der Waals surface area contributed by atoms with Crippen molar-refractivity contribution in [3.8, 4) is 0 Å². The van der Waals surface area contributed by atoms with E-state index in [1.807, 2.05) is 6.92 Å². The molecule has 0 fully saturated rings. The summed E-state index contributed by atoms with van der Waals surface area (Å²) in [5.74, 6) is -0.345. The summed E-state index contributed by atoms with van der Waals surface area (Å²) in [6, 6.07) is 0. The lowest BCUT2D eigenvalue weighted by molar-refractivity contribution is 0.514. The van der Waals surface area contributed by atoms with E-state index in [4.69, 9.17) is 0 Å². The Bertz CT molecular complexity index is 189. The summed E-state index contributed by atoms with van der Waals surface area (Å²) in [7, 11) is 0. The predicted molar refractivity (Wildman–Crippen MR) is 36.9 cm³/mol. The van der Waals surface area contributed by atoms with Gasteiger partial charge in [-0.3, -0.25) is 0 Å². The molecular formula is C8H10F2. The first-order valence-electron chi connectivity index (χ1n) is 3.47. The molecule has 0 atom stereocenters. The monoisotopic (exact) mass is 144 g/mol. The molecule has 0 saturated carbocycles. The van der Waals surface area contributed by atoms with Crippen LogP contribution in [0.25, 0.3) is 0 Å². The lowest BCUT2D eigenvalue weighted by Crippen LogP contribution is -1.92. The minimum Gasteiger partial charge on any atom is -0.212 e. The van der Waals surface area contributed by atoms with Crippen LogP contribution < -0.4 is 0 Å². The van der Waals surface area contributed by atoms with Crippen molar-refractivity contribution in [1.82, 2.24) is 0 Å². The van der Waals surface area contributed by atoms with Crippen LogP contribution in [-0.4, -0.2) is 0 Å². The number of allylic oxidation sites excluding steroid dienone is 4. The van der Waals surface area contributed by atoms with Crippen molar-refractivity contribution in [3.63, 3.8) is 0 Å². The van der Waals surface area contributed by atoms with E-state index in [1.54, 1.807) is 0 Å². The molecule has 0 unspecified atom stereocenters. The maximum Gasteiger partial charge on any atom is 0.104 e. The van der Waals surface area contributed by atoms with Crippen LogP contribution in [0.2, 0.25) is 0 Å². The van der Waals surface area contributed by atoms with Crippen LogP contribution in [0, 0.1) is 0 Å². The molecule has 0 heterocycles. The van der Waals surface area contributed by atoms with Gasteiger partial charge in [0.25, 0.3) is 0 Å². The number of hydrogen-bond donors (Lipinski definition) is 0. The first-order valence-corrected chi connectivity index (χ1v) is 3.47. The first-order chi connectivity index (χ1) is 4.74. The Kier molecular flexibility index (Phi) is 2.20. The standard InChI is InChI=1S/C8H10F2/c1-2-6-5-7(9)3-4-8(6)10/h5H,2-4H2,1H3. The molecular weight excluding hydrogens is 134 g/mol. The molecule has 1 aliphatic rings. The lowest BCUT2D eigenvalue weighted by atomic mass is 10.0. The molecule has 0 N–H and O–H groups in total. The first kappa shape index (κ1) is 7.45. The second-order valence-corrected chi connectivity index (χ2v) is 2.37. The summed E-state index contributed by atoms with van der Waals surface area (Å²) in [5.41, 5.74) is 0.517. The maximum absolute atomic E-state index is 12.7. The Balaban J connectivity index is 2.82. The van der Waals surface area contributed by atoms with Crippen LogP contribution in [-0.2, 0) is 0 Å². The summed E-state index contributed by atoms with van der Waals surface area (Å²) >= 11 is 0. The average Bonchev–Trinajstić information content (AvgIpc) is 1.94. The third kappa shape index (κ3) is 1.43. The highest BCUT2D eigenvalue weighted by atomic mass is 19.1. The second kappa shape index (κ2) is 2.95. The van der Waals surface area contributed by atoms with Crippen molar-refractivity contribution in [3.05, 3.63) is 23.3 Å². The molecule has 0 aromatic carbocycles. The Morgan fingerprint density at radius 1 is 1.40 bits per heavy atom. The van der Waals surface area contributed by atoms with Crippen LogP contribution in [0.15, 0.2) is 23.3 Å². The summed E-state index contributed by atoms with van der Waals surface area (Å²) in [6.45, 7) is 1.82. The molecule has 1 rings (SSSR count). The van der Waals surface area contributed by atoms with Crippen molar-refractivity contribution in [1.29, 1.82) is 0 Å². The van der Waals surface area contributed by atoms with Gasteiger partial charge in [0.1, 0.15) is 11.7 Å². The molecule has 0 radical (unpaired) electrons. The Hall–Kier alpha value is -0.660. The quantitative estimate of drug-likeness (QED) is 0.529. The summed E-state index contributed by atoms with van der Waals surface area (Å²) in [4.78, 5) is 0. The summed E-state index contributed by atoms with van der Waals surface area (Å²) in [6.07, 6.45) is 2.36. The number of hydrogen-bond acceptors (Lipinski definition) is 0. The van der Waals surface area contributed by atoms with Crippen molar-refractivity contribution < 1.29 is 8.78 Å². The van der Waals surface area contributed by atoms with Gasteiger partial charge < -0.3 is 0 Å². The number of halogens is 2. The summed E-state index contributed by atoms with van der Waals surface area (Å²) in [5, 5.41) is 0. The van der Waals surface area contributed by atoms with Gasteiger partial charge in [-0.15, -0.1) is 0 Å². The van der Waals surface area contributed by atoms with E-state index in [1.165, 1.54) is 6.08 Å². The zero-order chi connectivity index (χ0) is 7.56. The van der Waals surface area contributed by atoms with Gasteiger partial charge in [0.15, 0.2) is 0 Å². The molecule has 0 aromatic rings. The fourth-order valence-corrected chi connectivity index (χ4v) is 1.02. The normalized spacial score (nSPS) is 19.3. The minimum absolute atomic E-state index is 0.149. The Morgan fingerprint density at radius 3 is 2.60 bits per heavy atom. The molecule has 0 aromatic heterocycles. The van der Waals surface area contributed by atoms with E-state index in [9.17, 15) is 8.78 Å². The van der Waals surface area contributed by atoms with E-state index in [0.29, 0.717) is 12.0 Å². The van der Waals surface area contributed by atoms with Crippen LogP contribution in [0.5, 0.6) is 0 Å². The molecule has 0 aliphatic heterocycles. The van der Waals surface area contributed by atoms with Crippen LogP contribution in [0.1, 0.15) is 26.2 Å². The average molecular weight is 144 g/mol.